The van der Waals surface area contributed by atoms with Gasteiger partial charge in [-0.15, -0.1) is 0 Å². The van der Waals surface area contributed by atoms with E-state index in [1.807, 2.05) is 44.2 Å². The number of carbonyl (C=O) groups excluding carboxylic acids is 3. The topological polar surface area (TPSA) is 155 Å². The van der Waals surface area contributed by atoms with Gasteiger partial charge in [-0.1, -0.05) is 30.3 Å². The summed E-state index contributed by atoms with van der Waals surface area (Å²) in [6.07, 6.45) is -0.0450. The van der Waals surface area contributed by atoms with Gasteiger partial charge < -0.3 is 25.1 Å². The van der Waals surface area contributed by atoms with E-state index in [9.17, 15) is 14.4 Å². The van der Waals surface area contributed by atoms with E-state index in [0.29, 0.717) is 54.2 Å². The highest BCUT2D eigenvalue weighted by atomic mass is 16.5. The molecule has 0 radical (unpaired) electrons. The Morgan fingerprint density at radius 2 is 1.87 bits per heavy atom. The van der Waals surface area contributed by atoms with Gasteiger partial charge in [0.15, 0.2) is 0 Å². The maximum Gasteiger partial charge on any atom is 0.407 e. The number of alkyl carbamates (subject to hydrolysis) is 1. The number of carbonyl (C=O) groups is 3. The summed E-state index contributed by atoms with van der Waals surface area (Å²) in [5, 5.41) is 9.93. The number of amides is 3. The summed E-state index contributed by atoms with van der Waals surface area (Å²) in [7, 11) is 1.47. The van der Waals surface area contributed by atoms with Crippen LogP contribution in [0.5, 0.6) is 5.75 Å². The smallest absolute Gasteiger partial charge is 0.407 e. The number of hydrogen-bond donors (Lipinski definition) is 3. The summed E-state index contributed by atoms with van der Waals surface area (Å²) in [4.78, 5) is 41.7. The summed E-state index contributed by atoms with van der Waals surface area (Å²) < 4.78 is 14.2. The van der Waals surface area contributed by atoms with Gasteiger partial charge in [0.2, 0.25) is 11.9 Å². The van der Waals surface area contributed by atoms with E-state index in [4.69, 9.17) is 15.2 Å². The van der Waals surface area contributed by atoms with Crippen molar-refractivity contribution >= 4 is 34.9 Å². The molecule has 204 valence electrons. The first kappa shape index (κ1) is 27.2. The van der Waals surface area contributed by atoms with E-state index in [1.165, 1.54) is 13.2 Å². The Hall–Kier alpha value is -4.87. The molecule has 12 heteroatoms. The quantitative estimate of drug-likeness (QED) is 0.250. The van der Waals surface area contributed by atoms with Crippen molar-refractivity contribution in [1.29, 1.82) is 0 Å². The lowest BCUT2D eigenvalue weighted by molar-refractivity contribution is 0.0995. The molecule has 0 aliphatic rings. The van der Waals surface area contributed by atoms with E-state index >= 15 is 0 Å². The van der Waals surface area contributed by atoms with Crippen LogP contribution in [0.25, 0.3) is 11.0 Å². The molecule has 0 bridgehead atoms. The van der Waals surface area contributed by atoms with Crippen LogP contribution in [-0.2, 0) is 24.4 Å². The molecule has 0 atom stereocenters. The van der Waals surface area contributed by atoms with Crippen LogP contribution >= 0.6 is 0 Å². The Bertz CT molecular complexity index is 1490. The van der Waals surface area contributed by atoms with E-state index in [0.717, 1.165) is 5.56 Å². The molecular weight excluding hydrogens is 502 g/mol. The van der Waals surface area contributed by atoms with Crippen LogP contribution in [0.3, 0.4) is 0 Å². The number of ether oxygens (including phenoxy) is 2. The van der Waals surface area contributed by atoms with Crippen molar-refractivity contribution in [2.45, 2.75) is 40.0 Å². The number of nitrogens with two attached hydrogens (primary N) is 1. The first-order chi connectivity index (χ1) is 18.8. The molecule has 4 N–H and O–H groups in total. The molecule has 2 aromatic carbocycles. The maximum atomic E-state index is 13.2. The molecule has 3 amide bonds. The monoisotopic (exact) mass is 533 g/mol. The van der Waals surface area contributed by atoms with Crippen LogP contribution < -0.4 is 21.1 Å². The third-order valence-electron chi connectivity index (χ3n) is 6.01. The van der Waals surface area contributed by atoms with Gasteiger partial charge in [-0.2, -0.15) is 5.10 Å². The van der Waals surface area contributed by atoms with E-state index in [2.05, 4.69) is 20.7 Å². The maximum absolute atomic E-state index is 13.2. The third kappa shape index (κ3) is 6.35. The Balaban J connectivity index is 1.53. The number of nitrogens with zero attached hydrogens (tertiary/aromatic N) is 4. The van der Waals surface area contributed by atoms with Gasteiger partial charge in [0.1, 0.15) is 23.6 Å². The third-order valence-corrected chi connectivity index (χ3v) is 6.01. The molecule has 2 heterocycles. The molecule has 39 heavy (non-hydrogen) atoms. The summed E-state index contributed by atoms with van der Waals surface area (Å²) in [5.41, 5.74) is 8.71. The Kier molecular flexibility index (Phi) is 8.44. The lowest BCUT2D eigenvalue weighted by atomic mass is 10.1. The zero-order valence-electron chi connectivity index (χ0n) is 22.1. The molecule has 2 aromatic heterocycles. The van der Waals surface area contributed by atoms with E-state index < -0.39 is 12.0 Å². The molecule has 0 spiro atoms. The SMILES string of the molecule is CCn1nc(C)cc1C(=O)Nc1nc2cc(C(N)=O)cc(OC)c2n1CCCNC(=O)OCc1ccccc1. The second-order valence-electron chi connectivity index (χ2n) is 8.78. The number of benzene rings is 2. The fourth-order valence-electron chi connectivity index (χ4n) is 4.18. The first-order valence-electron chi connectivity index (χ1n) is 12.5. The van der Waals surface area contributed by atoms with Gasteiger partial charge in [0, 0.05) is 25.2 Å². The molecule has 0 unspecified atom stereocenters. The number of hydrogen-bond acceptors (Lipinski definition) is 7. The minimum Gasteiger partial charge on any atom is -0.494 e. The van der Waals surface area contributed by atoms with Gasteiger partial charge in [0.25, 0.3) is 5.91 Å². The van der Waals surface area contributed by atoms with Crippen molar-refractivity contribution in [3.05, 3.63) is 71.0 Å². The highest BCUT2D eigenvalue weighted by Crippen LogP contribution is 2.31. The van der Waals surface area contributed by atoms with Gasteiger partial charge >= 0.3 is 6.09 Å². The van der Waals surface area contributed by atoms with Crippen LogP contribution in [0, 0.1) is 6.92 Å². The fourth-order valence-corrected chi connectivity index (χ4v) is 4.18. The number of methoxy groups -OCH3 is 1. The molecule has 0 aliphatic heterocycles. The first-order valence-corrected chi connectivity index (χ1v) is 12.5. The van der Waals surface area contributed by atoms with Gasteiger partial charge in [0.05, 0.1) is 18.3 Å². The Morgan fingerprint density at radius 3 is 2.56 bits per heavy atom. The summed E-state index contributed by atoms with van der Waals surface area (Å²) in [6.45, 7) is 5.07. The van der Waals surface area contributed by atoms with Crippen LogP contribution in [0.1, 0.15) is 45.4 Å². The highest BCUT2D eigenvalue weighted by Gasteiger charge is 2.21. The minimum absolute atomic E-state index is 0.169. The average Bonchev–Trinajstić information content (AvgIpc) is 3.49. The number of nitrogens with one attached hydrogen (secondary N) is 2. The molecule has 12 nitrogen and oxygen atoms in total. The summed E-state index contributed by atoms with van der Waals surface area (Å²) >= 11 is 0. The fraction of sp³-hybridized carbons (Fsp3) is 0.296. The molecule has 4 rings (SSSR count). The molecule has 0 aliphatic carbocycles. The van der Waals surface area contributed by atoms with E-state index in [-0.39, 0.29) is 24.0 Å². The Morgan fingerprint density at radius 1 is 1.10 bits per heavy atom. The predicted molar refractivity (Wildman–Crippen MR) is 145 cm³/mol. The number of anilines is 1. The second-order valence-corrected chi connectivity index (χ2v) is 8.78. The molecule has 0 saturated carbocycles. The Labute approximate surface area is 225 Å². The van der Waals surface area contributed by atoms with Gasteiger partial charge in [-0.05, 0) is 44.0 Å². The summed E-state index contributed by atoms with van der Waals surface area (Å²) in [5.74, 6) is -0.386. The van der Waals surface area contributed by atoms with Gasteiger partial charge in [-0.25, -0.2) is 9.78 Å². The molecular formula is C27H31N7O5. The van der Waals surface area contributed by atoms with Crippen molar-refractivity contribution in [2.24, 2.45) is 5.73 Å². The second kappa shape index (κ2) is 12.1. The minimum atomic E-state index is -0.629. The number of imidazole rings is 1. The number of rotatable bonds is 11. The summed E-state index contributed by atoms with van der Waals surface area (Å²) in [6, 6.07) is 14.2. The van der Waals surface area contributed by atoms with Crippen LogP contribution in [0.2, 0.25) is 0 Å². The average molecular weight is 534 g/mol. The van der Waals surface area contributed by atoms with Crippen LogP contribution in [0.15, 0.2) is 48.5 Å². The number of primary amides is 1. The van der Waals surface area contributed by atoms with Crippen molar-refractivity contribution < 1.29 is 23.9 Å². The normalized spacial score (nSPS) is 10.8. The number of aromatic nitrogens is 4. The van der Waals surface area contributed by atoms with Gasteiger partial charge in [-0.3, -0.25) is 19.6 Å². The van der Waals surface area contributed by atoms with Crippen LogP contribution in [-0.4, -0.2) is 50.9 Å². The number of fused-ring (bicyclic) bond motifs is 1. The van der Waals surface area contributed by atoms with Crippen LogP contribution in [0.4, 0.5) is 10.7 Å². The lowest BCUT2D eigenvalue weighted by Crippen LogP contribution is -2.26. The van der Waals surface area contributed by atoms with Crippen molar-refractivity contribution in [3.63, 3.8) is 0 Å². The zero-order valence-corrected chi connectivity index (χ0v) is 22.1. The number of aryl methyl sites for hydroxylation is 3. The van der Waals surface area contributed by atoms with E-state index in [1.54, 1.807) is 21.4 Å². The molecule has 0 saturated heterocycles. The van der Waals surface area contributed by atoms with Crippen molar-refractivity contribution in [3.8, 4) is 5.75 Å². The predicted octanol–water partition coefficient (Wildman–Crippen LogP) is 3.24. The van der Waals surface area contributed by atoms with Crippen molar-refractivity contribution in [2.75, 3.05) is 19.0 Å². The zero-order chi connectivity index (χ0) is 27.9. The highest BCUT2D eigenvalue weighted by molar-refractivity contribution is 6.04. The standard InChI is InChI=1S/C27H31N7O5/c1-4-34-21(13-17(2)32-34)25(36)31-26-30-20-14-19(24(28)35)15-22(38-3)23(20)33(26)12-8-11-29-27(37)39-16-18-9-6-5-7-10-18/h5-7,9-10,13-15H,4,8,11-12,16H2,1-3H3,(H2,28,35)(H,29,37)(H,30,31,36). The molecule has 0 fully saturated rings. The van der Waals surface area contributed by atoms with Crippen molar-refractivity contribution in [1.82, 2.24) is 24.6 Å². The lowest BCUT2D eigenvalue weighted by Gasteiger charge is -2.13. The molecule has 4 aromatic rings. The largest absolute Gasteiger partial charge is 0.494 e.